The van der Waals surface area contributed by atoms with Crippen molar-refractivity contribution < 1.29 is 40.7 Å². The standard InChI is InChI=1S/C17H15F2N3O7S2/c1-26-12-7-10(4-5-11(12)28-17(18)19)16-21-13(29-22-16)9-27-14(23)8-20-31(24,25)15-3-2-6-30-15/h2-7,17,20H,8-9H2,1H3. The number of hydrogen-bond donors (Lipinski definition) is 1. The van der Waals surface area contributed by atoms with E-state index >= 15 is 0 Å². The van der Waals surface area contributed by atoms with Crippen LogP contribution in [0.2, 0.25) is 0 Å². The number of alkyl halides is 2. The number of methoxy groups -OCH3 is 1. The first-order valence-corrected chi connectivity index (χ1v) is 10.8. The van der Waals surface area contributed by atoms with Crippen LogP contribution in [0.15, 0.2) is 44.4 Å². The number of ether oxygens (including phenoxy) is 3. The summed E-state index contributed by atoms with van der Waals surface area (Å²) < 4.78 is 70.2. The van der Waals surface area contributed by atoms with Gasteiger partial charge in [0, 0.05) is 5.56 Å². The summed E-state index contributed by atoms with van der Waals surface area (Å²) in [4.78, 5) is 15.8. The van der Waals surface area contributed by atoms with E-state index in [1.165, 1.54) is 31.4 Å². The zero-order valence-electron chi connectivity index (χ0n) is 15.8. The van der Waals surface area contributed by atoms with Gasteiger partial charge in [0.05, 0.1) is 7.11 Å². The Kier molecular flexibility index (Phi) is 7.14. The van der Waals surface area contributed by atoms with Crippen LogP contribution in [0.5, 0.6) is 11.5 Å². The Morgan fingerprint density at radius 2 is 2.10 bits per heavy atom. The van der Waals surface area contributed by atoms with E-state index in [9.17, 15) is 22.0 Å². The van der Waals surface area contributed by atoms with Crippen LogP contribution in [0.4, 0.5) is 8.78 Å². The third-order valence-corrected chi connectivity index (χ3v) is 6.43. The molecule has 0 radical (unpaired) electrons. The lowest BCUT2D eigenvalue weighted by Gasteiger charge is -2.10. The summed E-state index contributed by atoms with van der Waals surface area (Å²) in [6, 6.07) is 7.02. The van der Waals surface area contributed by atoms with Gasteiger partial charge in [0.1, 0.15) is 10.8 Å². The molecule has 1 N–H and O–H groups in total. The maximum Gasteiger partial charge on any atom is 0.387 e. The van der Waals surface area contributed by atoms with E-state index < -0.39 is 35.8 Å². The highest BCUT2D eigenvalue weighted by Gasteiger charge is 2.18. The predicted octanol–water partition coefficient (Wildman–Crippen LogP) is 2.43. The number of nitrogens with zero attached hydrogens (tertiary/aromatic N) is 2. The zero-order valence-corrected chi connectivity index (χ0v) is 17.4. The minimum absolute atomic E-state index is 0.0357. The topological polar surface area (TPSA) is 130 Å². The third-order valence-electron chi connectivity index (χ3n) is 3.63. The van der Waals surface area contributed by atoms with Gasteiger partial charge in [0.15, 0.2) is 18.1 Å². The molecule has 0 bridgehead atoms. The van der Waals surface area contributed by atoms with Crippen molar-refractivity contribution >= 4 is 27.3 Å². The minimum atomic E-state index is -3.80. The number of rotatable bonds is 10. The molecule has 0 spiro atoms. The van der Waals surface area contributed by atoms with Gasteiger partial charge in [0.2, 0.25) is 5.82 Å². The number of halogens is 2. The van der Waals surface area contributed by atoms with Gasteiger partial charge in [-0.25, -0.2) is 8.42 Å². The second-order valence-corrected chi connectivity index (χ2v) is 8.61. The first-order chi connectivity index (χ1) is 14.8. The van der Waals surface area contributed by atoms with Crippen molar-refractivity contribution in [2.75, 3.05) is 13.7 Å². The molecule has 0 aliphatic heterocycles. The van der Waals surface area contributed by atoms with Crippen LogP contribution in [0.1, 0.15) is 5.89 Å². The van der Waals surface area contributed by atoms with E-state index in [-0.39, 0.29) is 27.4 Å². The lowest BCUT2D eigenvalue weighted by Crippen LogP contribution is -2.30. The van der Waals surface area contributed by atoms with Crippen LogP contribution in [0.3, 0.4) is 0 Å². The molecule has 0 amide bonds. The molecule has 3 rings (SSSR count). The Labute approximate surface area is 178 Å². The van der Waals surface area contributed by atoms with Gasteiger partial charge in [-0.2, -0.15) is 18.5 Å². The average molecular weight is 475 g/mol. The molecule has 0 aliphatic carbocycles. The Morgan fingerprint density at radius 1 is 1.29 bits per heavy atom. The molecular weight excluding hydrogens is 460 g/mol. The maximum atomic E-state index is 12.4. The van der Waals surface area contributed by atoms with Gasteiger partial charge in [-0.15, -0.1) is 11.3 Å². The fourth-order valence-electron chi connectivity index (χ4n) is 2.27. The number of carbonyl (C=O) groups excluding carboxylic acids is 1. The molecule has 2 heterocycles. The minimum Gasteiger partial charge on any atom is -0.493 e. The summed E-state index contributed by atoms with van der Waals surface area (Å²) in [6.07, 6.45) is 0. The summed E-state index contributed by atoms with van der Waals surface area (Å²) in [6.45, 7) is -3.98. The Morgan fingerprint density at radius 3 is 2.77 bits per heavy atom. The average Bonchev–Trinajstić information content (AvgIpc) is 3.43. The van der Waals surface area contributed by atoms with Gasteiger partial charge >= 0.3 is 12.6 Å². The number of aromatic nitrogens is 2. The zero-order chi connectivity index (χ0) is 22.4. The molecule has 3 aromatic rings. The van der Waals surface area contributed by atoms with Crippen LogP contribution < -0.4 is 14.2 Å². The quantitative estimate of drug-likeness (QED) is 0.439. The van der Waals surface area contributed by atoms with Crippen molar-refractivity contribution in [2.45, 2.75) is 17.4 Å². The first-order valence-electron chi connectivity index (χ1n) is 8.43. The van der Waals surface area contributed by atoms with Crippen molar-refractivity contribution in [3.8, 4) is 22.9 Å². The summed E-state index contributed by atoms with van der Waals surface area (Å²) in [5, 5.41) is 5.31. The maximum absolute atomic E-state index is 12.4. The molecule has 14 heteroatoms. The molecule has 0 atom stereocenters. The number of benzene rings is 1. The van der Waals surface area contributed by atoms with Crippen molar-refractivity contribution in [1.82, 2.24) is 14.9 Å². The molecular formula is C17H15F2N3O7S2. The number of sulfonamides is 1. The van der Waals surface area contributed by atoms with Crippen molar-refractivity contribution in [2.24, 2.45) is 0 Å². The van der Waals surface area contributed by atoms with E-state index in [0.717, 1.165) is 11.3 Å². The Hall–Kier alpha value is -3.10. The van der Waals surface area contributed by atoms with Crippen molar-refractivity contribution in [3.63, 3.8) is 0 Å². The SMILES string of the molecule is COc1cc(-c2noc(COC(=O)CNS(=O)(=O)c3cccs3)n2)ccc1OC(F)F. The molecule has 0 aliphatic rings. The number of carbonyl (C=O) groups is 1. The molecule has 0 saturated carbocycles. The van der Waals surface area contributed by atoms with Gasteiger partial charge < -0.3 is 18.7 Å². The van der Waals surface area contributed by atoms with E-state index in [0.29, 0.717) is 5.56 Å². The normalized spacial score (nSPS) is 11.5. The summed E-state index contributed by atoms with van der Waals surface area (Å²) >= 11 is 1.01. The number of hydrogen-bond acceptors (Lipinski definition) is 10. The van der Waals surface area contributed by atoms with Crippen LogP contribution in [0.25, 0.3) is 11.4 Å². The lowest BCUT2D eigenvalue weighted by molar-refractivity contribution is -0.144. The van der Waals surface area contributed by atoms with E-state index in [1.54, 1.807) is 11.4 Å². The second kappa shape index (κ2) is 9.80. The molecule has 10 nitrogen and oxygen atoms in total. The first kappa shape index (κ1) is 22.6. The highest BCUT2D eigenvalue weighted by molar-refractivity contribution is 7.91. The summed E-state index contributed by atoms with van der Waals surface area (Å²) in [5.41, 5.74) is 0.378. The summed E-state index contributed by atoms with van der Waals surface area (Å²) in [5.74, 6) is -0.949. The molecule has 0 saturated heterocycles. The van der Waals surface area contributed by atoms with Crippen LogP contribution in [-0.2, 0) is 26.2 Å². The van der Waals surface area contributed by atoms with Gasteiger partial charge in [-0.3, -0.25) is 4.79 Å². The van der Waals surface area contributed by atoms with E-state index in [4.69, 9.17) is 14.0 Å². The third kappa shape index (κ3) is 5.96. The predicted molar refractivity (Wildman–Crippen MR) is 102 cm³/mol. The molecule has 166 valence electrons. The lowest BCUT2D eigenvalue weighted by atomic mass is 10.2. The Balaban J connectivity index is 1.57. The molecule has 31 heavy (non-hydrogen) atoms. The molecule has 0 unspecified atom stereocenters. The highest BCUT2D eigenvalue weighted by Crippen LogP contribution is 2.32. The largest absolute Gasteiger partial charge is 0.493 e. The number of nitrogens with one attached hydrogen (secondary N) is 1. The van der Waals surface area contributed by atoms with E-state index in [2.05, 4.69) is 19.6 Å². The summed E-state index contributed by atoms with van der Waals surface area (Å²) in [7, 11) is -2.51. The van der Waals surface area contributed by atoms with Crippen molar-refractivity contribution in [1.29, 1.82) is 0 Å². The fraction of sp³-hybridized carbons (Fsp3) is 0.235. The monoisotopic (exact) mass is 475 g/mol. The molecule has 0 fully saturated rings. The highest BCUT2D eigenvalue weighted by atomic mass is 32.2. The van der Waals surface area contributed by atoms with Gasteiger partial charge in [0.25, 0.3) is 15.9 Å². The number of esters is 1. The molecule has 2 aromatic heterocycles. The van der Waals surface area contributed by atoms with Crippen LogP contribution in [0, 0.1) is 0 Å². The molecule has 1 aromatic carbocycles. The van der Waals surface area contributed by atoms with Gasteiger partial charge in [-0.05, 0) is 29.6 Å². The van der Waals surface area contributed by atoms with E-state index in [1.807, 2.05) is 0 Å². The van der Waals surface area contributed by atoms with Crippen molar-refractivity contribution in [3.05, 3.63) is 41.6 Å². The van der Waals surface area contributed by atoms with Crippen LogP contribution in [-0.4, -0.2) is 44.8 Å². The smallest absolute Gasteiger partial charge is 0.387 e. The second-order valence-electron chi connectivity index (χ2n) is 5.67. The Bertz CT molecular complexity index is 1130. The van der Waals surface area contributed by atoms with Crippen LogP contribution >= 0.6 is 11.3 Å². The number of thiophene rings is 1. The fourth-order valence-corrected chi connectivity index (χ4v) is 4.27. The van der Waals surface area contributed by atoms with Gasteiger partial charge in [-0.1, -0.05) is 11.2 Å².